The van der Waals surface area contributed by atoms with Crippen molar-refractivity contribution in [3.8, 4) is 36.4 Å². The molecule has 2 aliphatic rings. The second-order valence-electron chi connectivity index (χ2n) is 11.2. The van der Waals surface area contributed by atoms with Gasteiger partial charge in [-0.25, -0.2) is 0 Å². The van der Waals surface area contributed by atoms with Gasteiger partial charge >= 0.3 is 0 Å². The molecule has 0 saturated heterocycles. The molecular weight excluding hydrogens is 472 g/mol. The molecule has 0 N–H and O–H groups in total. The molecule has 2 rings (SSSR count). The van der Waals surface area contributed by atoms with E-state index in [0.717, 1.165) is 11.4 Å². The molecule has 0 aliphatic heterocycles. The van der Waals surface area contributed by atoms with Crippen LogP contribution in [0.2, 0.25) is 0 Å². The van der Waals surface area contributed by atoms with Gasteiger partial charge in [0, 0.05) is 48.7 Å². The second-order valence-corrected chi connectivity index (χ2v) is 11.2. The van der Waals surface area contributed by atoms with E-state index in [-0.39, 0.29) is 22.0 Å². The first-order valence-corrected chi connectivity index (χ1v) is 12.8. The van der Waals surface area contributed by atoms with E-state index in [0.29, 0.717) is 74.2 Å². The first-order valence-electron chi connectivity index (χ1n) is 12.8. The van der Waals surface area contributed by atoms with Crippen LogP contribution in [0.5, 0.6) is 0 Å². The number of hydrogen-bond acceptors (Lipinski definition) is 8. The Hall–Kier alpha value is -4.50. The number of allylic oxidation sites excluding steroid dienone is 8. The van der Waals surface area contributed by atoms with E-state index in [2.05, 4.69) is 49.6 Å². The molecule has 0 spiro atoms. The van der Waals surface area contributed by atoms with Crippen LogP contribution in [0.15, 0.2) is 44.8 Å². The number of rotatable bonds is 7. The highest BCUT2D eigenvalue weighted by Gasteiger charge is 2.36. The maximum atomic E-state index is 10.1. The fourth-order valence-corrected chi connectivity index (χ4v) is 5.45. The van der Waals surface area contributed by atoms with Crippen LogP contribution in [-0.2, 0) is 0 Å². The van der Waals surface area contributed by atoms with E-state index in [4.69, 9.17) is 0 Å². The van der Waals surface area contributed by atoms with Crippen molar-refractivity contribution in [3.63, 3.8) is 0 Å². The Morgan fingerprint density at radius 2 is 0.921 bits per heavy atom. The van der Waals surface area contributed by atoms with E-state index < -0.39 is 0 Å². The SMILES string of the molecule is CCN(CCN(CC)C1=C(C#N)C(=C(C#N)C#N)CC(C)(C)C1)C1=C(C#N)C(=C(C#N)C#N)CC(C)(C)C1. The van der Waals surface area contributed by atoms with Crippen LogP contribution in [0.3, 0.4) is 0 Å². The molecule has 0 amide bonds. The molecule has 0 saturated carbocycles. The summed E-state index contributed by atoms with van der Waals surface area (Å²) in [5.74, 6) is 0. The summed E-state index contributed by atoms with van der Waals surface area (Å²) < 4.78 is 0. The largest absolute Gasteiger partial charge is 0.372 e. The summed E-state index contributed by atoms with van der Waals surface area (Å²) in [5.41, 5.74) is 3.00. The molecule has 2 aliphatic carbocycles. The minimum atomic E-state index is -0.226. The third kappa shape index (κ3) is 6.24. The van der Waals surface area contributed by atoms with Gasteiger partial charge in [0.05, 0.1) is 11.1 Å². The molecule has 38 heavy (non-hydrogen) atoms. The van der Waals surface area contributed by atoms with Gasteiger partial charge in [-0.2, -0.15) is 31.6 Å². The molecule has 0 aromatic rings. The fourth-order valence-electron chi connectivity index (χ4n) is 5.45. The van der Waals surface area contributed by atoms with Crippen LogP contribution in [0, 0.1) is 78.8 Å². The van der Waals surface area contributed by atoms with E-state index >= 15 is 0 Å². The predicted molar refractivity (Wildman–Crippen MR) is 142 cm³/mol. The van der Waals surface area contributed by atoms with Crippen molar-refractivity contribution < 1.29 is 0 Å². The number of likely N-dealkylation sites (N-methyl/N-ethyl adjacent to an activating group) is 2. The van der Waals surface area contributed by atoms with Crippen molar-refractivity contribution in [2.45, 2.75) is 67.2 Å². The Balaban J connectivity index is 2.57. The zero-order valence-corrected chi connectivity index (χ0v) is 23.2. The lowest BCUT2D eigenvalue weighted by molar-refractivity contribution is 0.222. The highest BCUT2D eigenvalue weighted by molar-refractivity contribution is 5.58. The van der Waals surface area contributed by atoms with Gasteiger partial charge in [0.2, 0.25) is 0 Å². The van der Waals surface area contributed by atoms with Crippen molar-refractivity contribution in [2.24, 2.45) is 10.8 Å². The Labute approximate surface area is 226 Å². The van der Waals surface area contributed by atoms with Gasteiger partial charge in [-0.05, 0) is 50.4 Å². The second kappa shape index (κ2) is 12.2. The summed E-state index contributed by atoms with van der Waals surface area (Å²) in [7, 11) is 0. The van der Waals surface area contributed by atoms with Gasteiger partial charge in [0.15, 0.2) is 0 Å². The van der Waals surface area contributed by atoms with Crippen LogP contribution < -0.4 is 0 Å². The van der Waals surface area contributed by atoms with Gasteiger partial charge in [0.25, 0.3) is 0 Å². The maximum absolute atomic E-state index is 10.1. The lowest BCUT2D eigenvalue weighted by atomic mass is 9.72. The summed E-state index contributed by atoms with van der Waals surface area (Å²) in [6.07, 6.45) is 2.25. The minimum Gasteiger partial charge on any atom is -0.372 e. The zero-order chi connectivity index (χ0) is 28.7. The monoisotopic (exact) mass is 506 g/mol. The van der Waals surface area contributed by atoms with E-state index in [1.54, 1.807) is 0 Å². The molecular formula is C30H34N8. The van der Waals surface area contributed by atoms with Crippen LogP contribution in [0.25, 0.3) is 0 Å². The summed E-state index contributed by atoms with van der Waals surface area (Å²) in [4.78, 5) is 4.25. The molecule has 8 nitrogen and oxygen atoms in total. The Morgan fingerprint density at radius 1 is 0.605 bits per heavy atom. The zero-order valence-electron chi connectivity index (χ0n) is 23.2. The average Bonchev–Trinajstić information content (AvgIpc) is 2.87. The predicted octanol–water partition coefficient (Wildman–Crippen LogP) is 5.51. The molecule has 0 unspecified atom stereocenters. The van der Waals surface area contributed by atoms with Crippen LogP contribution in [-0.4, -0.2) is 36.0 Å². The van der Waals surface area contributed by atoms with Crippen molar-refractivity contribution in [1.29, 1.82) is 31.6 Å². The van der Waals surface area contributed by atoms with E-state index in [1.807, 2.05) is 38.1 Å². The van der Waals surface area contributed by atoms with E-state index in [1.165, 1.54) is 0 Å². The highest BCUT2D eigenvalue weighted by atomic mass is 15.2. The maximum Gasteiger partial charge on any atom is 0.134 e. The lowest BCUT2D eigenvalue weighted by Gasteiger charge is -2.41. The molecule has 0 heterocycles. The molecule has 0 fully saturated rings. The van der Waals surface area contributed by atoms with Crippen molar-refractivity contribution in [1.82, 2.24) is 9.80 Å². The quantitative estimate of drug-likeness (QED) is 0.410. The van der Waals surface area contributed by atoms with Gasteiger partial charge in [0.1, 0.15) is 47.6 Å². The number of nitriles is 6. The van der Waals surface area contributed by atoms with Gasteiger partial charge in [-0.15, -0.1) is 0 Å². The lowest BCUT2D eigenvalue weighted by Crippen LogP contribution is -2.39. The summed E-state index contributed by atoms with van der Waals surface area (Å²) in [6, 6.07) is 12.4. The van der Waals surface area contributed by atoms with Crippen molar-refractivity contribution in [2.75, 3.05) is 26.2 Å². The highest BCUT2D eigenvalue weighted by Crippen LogP contribution is 2.45. The fraction of sp³-hybridized carbons (Fsp3) is 0.533. The summed E-state index contributed by atoms with van der Waals surface area (Å²) >= 11 is 0. The van der Waals surface area contributed by atoms with Gasteiger partial charge < -0.3 is 9.80 Å². The third-order valence-electron chi connectivity index (χ3n) is 7.22. The smallest absolute Gasteiger partial charge is 0.134 e. The third-order valence-corrected chi connectivity index (χ3v) is 7.22. The van der Waals surface area contributed by atoms with Gasteiger partial charge in [-0.1, -0.05) is 27.7 Å². The number of hydrogen-bond donors (Lipinski definition) is 0. The van der Waals surface area contributed by atoms with Crippen molar-refractivity contribution >= 4 is 0 Å². The number of nitrogens with zero attached hydrogens (tertiary/aromatic N) is 8. The van der Waals surface area contributed by atoms with Gasteiger partial charge in [-0.3, -0.25) is 0 Å². The molecule has 0 bridgehead atoms. The molecule has 194 valence electrons. The van der Waals surface area contributed by atoms with Crippen LogP contribution in [0.4, 0.5) is 0 Å². The first kappa shape index (κ1) is 29.7. The molecule has 0 aromatic carbocycles. The normalized spacial score (nSPS) is 17.7. The Bertz CT molecular complexity index is 1220. The summed E-state index contributed by atoms with van der Waals surface area (Å²) in [5, 5.41) is 58.2. The molecule has 0 radical (unpaired) electrons. The summed E-state index contributed by atoms with van der Waals surface area (Å²) in [6.45, 7) is 14.7. The van der Waals surface area contributed by atoms with Crippen molar-refractivity contribution in [3.05, 3.63) is 44.8 Å². The Morgan fingerprint density at radius 3 is 1.16 bits per heavy atom. The Kier molecular flexibility index (Phi) is 9.51. The van der Waals surface area contributed by atoms with Crippen LogP contribution >= 0.6 is 0 Å². The molecule has 0 atom stereocenters. The van der Waals surface area contributed by atoms with E-state index in [9.17, 15) is 31.6 Å². The average molecular weight is 507 g/mol. The molecule has 0 aromatic heterocycles. The minimum absolute atomic E-state index is 0.0172. The molecule has 8 heteroatoms. The standard InChI is InChI=1S/C30H34N8/c1-7-37(27-13-29(3,4)11-23(25(27)19-35)21(15-31)16-32)9-10-38(8-2)28-14-30(5,6)12-24(26(28)20-36)22(17-33)18-34/h7-14H2,1-6H3. The topological polar surface area (TPSA) is 149 Å². The van der Waals surface area contributed by atoms with Crippen LogP contribution in [0.1, 0.15) is 67.2 Å². The first-order chi connectivity index (χ1) is 18.0.